The highest BCUT2D eigenvalue weighted by Crippen LogP contribution is 2.27. The third-order valence-electron chi connectivity index (χ3n) is 4.71. The average molecular weight is 380 g/mol. The van der Waals surface area contributed by atoms with Gasteiger partial charge in [-0.2, -0.15) is 0 Å². The van der Waals surface area contributed by atoms with Gasteiger partial charge >= 0.3 is 17.8 Å². The predicted octanol–water partition coefficient (Wildman–Crippen LogP) is 2.34. The highest BCUT2D eigenvalue weighted by atomic mass is 35.5. The van der Waals surface area contributed by atoms with E-state index >= 15 is 0 Å². The molecule has 0 aromatic heterocycles. The van der Waals surface area contributed by atoms with E-state index in [0.29, 0.717) is 23.9 Å². The molecule has 0 spiro atoms. The van der Waals surface area contributed by atoms with Gasteiger partial charge in [0.1, 0.15) is 12.4 Å². The number of ether oxygens (including phenoxy) is 1. The topological polar surface area (TPSA) is 70.2 Å². The maximum Gasteiger partial charge on any atom is 0.335 e. The Kier molecular flexibility index (Phi) is 5.78. The van der Waals surface area contributed by atoms with Gasteiger partial charge in [-0.1, -0.05) is 24.4 Å². The van der Waals surface area contributed by atoms with Crippen LogP contribution in [0.5, 0.6) is 5.75 Å². The SMILES string of the molecule is CN(CCOc1ccc(Cl)cc1)CN1C(=O)C(=O)N(C2CCCC2)C1=O. The number of hydrogen-bond donors (Lipinski definition) is 0. The lowest BCUT2D eigenvalue weighted by Gasteiger charge is -2.24. The van der Waals surface area contributed by atoms with Crippen molar-refractivity contribution in [1.29, 1.82) is 0 Å². The van der Waals surface area contributed by atoms with Crippen LogP contribution in [0.1, 0.15) is 25.7 Å². The summed E-state index contributed by atoms with van der Waals surface area (Å²) in [7, 11) is 1.77. The van der Waals surface area contributed by atoms with Crippen LogP contribution in [-0.2, 0) is 9.59 Å². The second-order valence-electron chi connectivity index (χ2n) is 6.65. The third kappa shape index (κ3) is 3.99. The van der Waals surface area contributed by atoms with Crippen molar-refractivity contribution in [2.75, 3.05) is 26.9 Å². The van der Waals surface area contributed by atoms with Crippen LogP contribution in [0, 0.1) is 0 Å². The molecule has 0 N–H and O–H groups in total. The van der Waals surface area contributed by atoms with Gasteiger partial charge in [-0.25, -0.2) is 9.69 Å². The summed E-state index contributed by atoms with van der Waals surface area (Å²) in [5.41, 5.74) is 0. The largest absolute Gasteiger partial charge is 0.492 e. The van der Waals surface area contributed by atoms with Gasteiger partial charge in [0, 0.05) is 17.6 Å². The molecular formula is C18H22ClN3O4. The zero-order valence-corrected chi connectivity index (χ0v) is 15.4. The lowest BCUT2D eigenvalue weighted by Crippen LogP contribution is -2.43. The van der Waals surface area contributed by atoms with Gasteiger partial charge < -0.3 is 4.74 Å². The normalized spacial score (nSPS) is 18.5. The smallest absolute Gasteiger partial charge is 0.335 e. The van der Waals surface area contributed by atoms with Crippen LogP contribution in [0.25, 0.3) is 0 Å². The molecule has 0 radical (unpaired) electrons. The predicted molar refractivity (Wildman–Crippen MR) is 95.8 cm³/mol. The maximum atomic E-state index is 12.5. The molecule has 1 aliphatic carbocycles. The second-order valence-corrected chi connectivity index (χ2v) is 7.09. The molecule has 140 valence electrons. The van der Waals surface area contributed by atoms with E-state index in [1.165, 1.54) is 0 Å². The van der Waals surface area contributed by atoms with Gasteiger partial charge in [-0.05, 0) is 44.2 Å². The molecule has 4 amide bonds. The molecule has 0 unspecified atom stereocenters. The zero-order valence-electron chi connectivity index (χ0n) is 14.7. The van der Waals surface area contributed by atoms with Crippen molar-refractivity contribution in [3.8, 4) is 5.75 Å². The number of carbonyl (C=O) groups excluding carboxylic acids is 3. The van der Waals surface area contributed by atoms with E-state index in [0.717, 1.165) is 35.5 Å². The summed E-state index contributed by atoms with van der Waals surface area (Å²) in [6.45, 7) is 0.947. The molecule has 1 aromatic carbocycles. The molecule has 2 fully saturated rings. The lowest BCUT2D eigenvalue weighted by molar-refractivity contribution is -0.144. The van der Waals surface area contributed by atoms with Crippen LogP contribution in [0.4, 0.5) is 4.79 Å². The van der Waals surface area contributed by atoms with Crippen molar-refractivity contribution in [2.24, 2.45) is 0 Å². The fourth-order valence-corrected chi connectivity index (χ4v) is 3.42. The number of halogens is 1. The molecule has 1 saturated heterocycles. The molecule has 0 bridgehead atoms. The van der Waals surface area contributed by atoms with Crippen molar-refractivity contribution in [1.82, 2.24) is 14.7 Å². The standard InChI is InChI=1S/C18H22ClN3O4/c1-20(10-11-26-15-8-6-13(19)7-9-15)12-21-16(23)17(24)22(18(21)25)14-4-2-3-5-14/h6-9,14H,2-5,10-12H2,1H3. The summed E-state index contributed by atoms with van der Waals surface area (Å²) in [6.07, 6.45) is 3.53. The van der Waals surface area contributed by atoms with Gasteiger partial charge in [0.05, 0.1) is 6.67 Å². The second kappa shape index (κ2) is 8.05. The molecule has 26 heavy (non-hydrogen) atoms. The Labute approximate surface area is 157 Å². The Bertz CT molecular complexity index is 688. The van der Waals surface area contributed by atoms with E-state index < -0.39 is 17.8 Å². The van der Waals surface area contributed by atoms with Crippen LogP contribution < -0.4 is 4.74 Å². The fourth-order valence-electron chi connectivity index (χ4n) is 3.29. The molecule has 8 heteroatoms. The molecule has 3 rings (SSSR count). The number of amides is 4. The van der Waals surface area contributed by atoms with E-state index in [-0.39, 0.29) is 12.7 Å². The summed E-state index contributed by atoms with van der Waals surface area (Å²) < 4.78 is 5.61. The van der Waals surface area contributed by atoms with E-state index in [2.05, 4.69) is 0 Å². The summed E-state index contributed by atoms with van der Waals surface area (Å²) in [4.78, 5) is 40.8. The first-order chi connectivity index (χ1) is 12.5. The Morgan fingerprint density at radius 1 is 1.12 bits per heavy atom. The first-order valence-corrected chi connectivity index (χ1v) is 9.11. The van der Waals surface area contributed by atoms with Crippen LogP contribution in [0.3, 0.4) is 0 Å². The van der Waals surface area contributed by atoms with Crippen LogP contribution in [0.15, 0.2) is 24.3 Å². The van der Waals surface area contributed by atoms with Gasteiger partial charge in [-0.3, -0.25) is 19.4 Å². The fraction of sp³-hybridized carbons (Fsp3) is 0.500. The lowest BCUT2D eigenvalue weighted by atomic mass is 10.2. The van der Waals surface area contributed by atoms with E-state index in [9.17, 15) is 14.4 Å². The molecule has 7 nitrogen and oxygen atoms in total. The first kappa shape index (κ1) is 18.7. The van der Waals surface area contributed by atoms with Crippen molar-refractivity contribution in [2.45, 2.75) is 31.7 Å². The highest BCUT2D eigenvalue weighted by molar-refractivity contribution is 6.44. The molecule has 1 aromatic rings. The molecule has 1 saturated carbocycles. The number of imide groups is 2. The number of likely N-dealkylation sites (N-methyl/N-ethyl adjacent to an activating group) is 1. The number of hydrogen-bond acceptors (Lipinski definition) is 5. The Hall–Kier alpha value is -2.12. The Morgan fingerprint density at radius 2 is 1.77 bits per heavy atom. The number of rotatable bonds is 7. The van der Waals surface area contributed by atoms with Crippen molar-refractivity contribution >= 4 is 29.4 Å². The minimum Gasteiger partial charge on any atom is -0.492 e. The maximum absolute atomic E-state index is 12.5. The van der Waals surface area contributed by atoms with Crippen molar-refractivity contribution in [3.63, 3.8) is 0 Å². The number of benzene rings is 1. The molecule has 1 heterocycles. The van der Waals surface area contributed by atoms with Crippen LogP contribution >= 0.6 is 11.6 Å². The summed E-state index contributed by atoms with van der Waals surface area (Å²) >= 11 is 5.82. The summed E-state index contributed by atoms with van der Waals surface area (Å²) in [6, 6.07) is 6.39. The molecule has 0 atom stereocenters. The zero-order chi connectivity index (χ0) is 18.7. The van der Waals surface area contributed by atoms with Gasteiger partial charge in [0.15, 0.2) is 0 Å². The van der Waals surface area contributed by atoms with Gasteiger partial charge in [-0.15, -0.1) is 0 Å². The average Bonchev–Trinajstić information content (AvgIpc) is 3.20. The highest BCUT2D eigenvalue weighted by Gasteiger charge is 2.48. The Morgan fingerprint density at radius 3 is 2.42 bits per heavy atom. The van der Waals surface area contributed by atoms with E-state index in [1.54, 1.807) is 36.2 Å². The summed E-state index contributed by atoms with van der Waals surface area (Å²) in [5.74, 6) is -0.751. The number of urea groups is 1. The minimum absolute atomic E-state index is 0.0661. The monoisotopic (exact) mass is 379 g/mol. The number of nitrogens with zero attached hydrogens (tertiary/aromatic N) is 3. The van der Waals surface area contributed by atoms with E-state index in [4.69, 9.17) is 16.3 Å². The molecule has 2 aliphatic rings. The number of carbonyl (C=O) groups is 3. The third-order valence-corrected chi connectivity index (χ3v) is 4.96. The van der Waals surface area contributed by atoms with Crippen LogP contribution in [0.2, 0.25) is 5.02 Å². The van der Waals surface area contributed by atoms with Gasteiger partial charge in [0.2, 0.25) is 0 Å². The quantitative estimate of drug-likeness (QED) is 0.537. The minimum atomic E-state index is -0.743. The van der Waals surface area contributed by atoms with Crippen molar-refractivity contribution in [3.05, 3.63) is 29.3 Å². The molecule has 1 aliphatic heterocycles. The first-order valence-electron chi connectivity index (χ1n) is 8.73. The van der Waals surface area contributed by atoms with Crippen LogP contribution in [-0.4, -0.2) is 65.5 Å². The van der Waals surface area contributed by atoms with Crippen molar-refractivity contribution < 1.29 is 19.1 Å². The Balaban J connectivity index is 1.50. The summed E-state index contributed by atoms with van der Waals surface area (Å²) in [5, 5.41) is 0.636. The van der Waals surface area contributed by atoms with E-state index in [1.807, 2.05) is 0 Å². The molecular weight excluding hydrogens is 358 g/mol. The van der Waals surface area contributed by atoms with Gasteiger partial charge in [0.25, 0.3) is 0 Å².